The normalized spacial score (nSPS) is 11.3. The number of primary amides is 1. The second-order valence-corrected chi connectivity index (χ2v) is 10.4. The first kappa shape index (κ1) is 29.3. The molecule has 1 aromatic carbocycles. The molecule has 5 aromatic rings. The number of hydrogen-bond acceptors (Lipinski definition) is 9. The van der Waals surface area contributed by atoms with Crippen LogP contribution in [0.5, 0.6) is 5.75 Å². The molecule has 0 saturated carbocycles. The molecule has 43 heavy (non-hydrogen) atoms. The number of aromatic nitrogens is 3. The Bertz CT molecular complexity index is 1900. The van der Waals surface area contributed by atoms with Crippen molar-refractivity contribution in [3.8, 4) is 16.9 Å². The van der Waals surface area contributed by atoms with Gasteiger partial charge in [0.25, 0.3) is 23.9 Å². The third-order valence-corrected chi connectivity index (χ3v) is 7.79. The van der Waals surface area contributed by atoms with E-state index in [4.69, 9.17) is 14.9 Å². The molecule has 5 rings (SSSR count). The van der Waals surface area contributed by atoms with Crippen molar-refractivity contribution in [1.82, 2.24) is 14.8 Å². The van der Waals surface area contributed by atoms with Gasteiger partial charge in [-0.3, -0.25) is 24.4 Å². The van der Waals surface area contributed by atoms with Gasteiger partial charge >= 0.3 is 0 Å². The van der Waals surface area contributed by atoms with Gasteiger partial charge in [0.1, 0.15) is 33.5 Å². The van der Waals surface area contributed by atoms with E-state index < -0.39 is 28.9 Å². The van der Waals surface area contributed by atoms with Crippen molar-refractivity contribution in [3.05, 3.63) is 86.1 Å². The smallest absolute Gasteiger partial charge is 0.291 e. The number of fused-ring (bicyclic) bond motifs is 1. The number of anilines is 1. The number of carbonyl (C=O) groups excluding carboxylic acids is 2. The fraction of sp³-hybridized carbons (Fsp3) is 0.214. The lowest BCUT2D eigenvalue weighted by Crippen LogP contribution is -2.16. The molecule has 0 atom stereocenters. The van der Waals surface area contributed by atoms with Crippen LogP contribution in [-0.2, 0) is 13.2 Å². The zero-order valence-electron chi connectivity index (χ0n) is 23.0. The summed E-state index contributed by atoms with van der Waals surface area (Å²) < 4.78 is 40.6. The van der Waals surface area contributed by atoms with Crippen LogP contribution in [0.15, 0.2) is 47.0 Å². The number of nitro groups is 1. The molecule has 222 valence electrons. The lowest BCUT2D eigenvalue weighted by Gasteiger charge is -2.10. The largest absolute Gasteiger partial charge is 0.486 e. The molecule has 0 bridgehead atoms. The van der Waals surface area contributed by atoms with Gasteiger partial charge < -0.3 is 20.2 Å². The summed E-state index contributed by atoms with van der Waals surface area (Å²) in [5.74, 6) is -1.09. The van der Waals surface area contributed by atoms with Crippen LogP contribution in [0.4, 0.5) is 20.2 Å². The number of amides is 2. The number of furan rings is 1. The van der Waals surface area contributed by atoms with Gasteiger partial charge in [0.05, 0.1) is 16.8 Å². The number of pyridine rings is 1. The van der Waals surface area contributed by atoms with Gasteiger partial charge in [-0.2, -0.15) is 5.10 Å². The Balaban J connectivity index is 1.47. The van der Waals surface area contributed by atoms with Gasteiger partial charge in [0.15, 0.2) is 5.76 Å². The zero-order chi connectivity index (χ0) is 31.0. The summed E-state index contributed by atoms with van der Waals surface area (Å²) in [5, 5.41) is 18.3. The number of carbonyl (C=O) groups is 2. The Hall–Kier alpha value is -5.18. The predicted octanol–water partition coefficient (Wildman–Crippen LogP) is 6.17. The molecule has 4 heterocycles. The van der Waals surface area contributed by atoms with E-state index in [9.17, 15) is 28.5 Å². The summed E-state index contributed by atoms with van der Waals surface area (Å²) >= 11 is 0.789. The van der Waals surface area contributed by atoms with E-state index in [1.165, 1.54) is 42.6 Å². The minimum atomic E-state index is -2.89. The van der Waals surface area contributed by atoms with Gasteiger partial charge in [0.2, 0.25) is 0 Å². The van der Waals surface area contributed by atoms with Crippen LogP contribution >= 0.6 is 11.3 Å². The van der Waals surface area contributed by atoms with Gasteiger partial charge in [-0.15, -0.1) is 11.3 Å². The lowest BCUT2D eigenvalue weighted by atomic mass is 10.0. The molecule has 12 nitrogen and oxygen atoms in total. The number of nitrogens with one attached hydrogen (secondary N) is 1. The SMILES string of the molecule is CCn1ncc(-c2cc(C(F)F)nc3sc(C(N)=O)c(NC(=O)c4ccc(COc5ccc([N+](=O)[O-])c(C)c5)o4)c23)c1C. The first-order valence-corrected chi connectivity index (χ1v) is 13.7. The number of halogens is 2. The number of nitrogens with two attached hydrogens (primary N) is 1. The highest BCUT2D eigenvalue weighted by Gasteiger charge is 2.27. The van der Waals surface area contributed by atoms with Crippen LogP contribution < -0.4 is 15.8 Å². The molecule has 0 aliphatic heterocycles. The number of alkyl halides is 2. The number of hydrogen-bond donors (Lipinski definition) is 2. The van der Waals surface area contributed by atoms with Crippen LogP contribution in [0.3, 0.4) is 0 Å². The van der Waals surface area contributed by atoms with Crippen molar-refractivity contribution in [1.29, 1.82) is 0 Å². The molecule has 0 aliphatic rings. The van der Waals surface area contributed by atoms with Crippen molar-refractivity contribution >= 4 is 44.7 Å². The van der Waals surface area contributed by atoms with Crippen molar-refractivity contribution in [3.63, 3.8) is 0 Å². The van der Waals surface area contributed by atoms with Gasteiger partial charge in [-0.1, -0.05) is 0 Å². The van der Waals surface area contributed by atoms with Crippen LogP contribution in [0.25, 0.3) is 21.3 Å². The molecule has 0 fully saturated rings. The highest BCUT2D eigenvalue weighted by Crippen LogP contribution is 2.43. The quantitative estimate of drug-likeness (QED) is 0.140. The monoisotopic (exact) mass is 610 g/mol. The predicted molar refractivity (Wildman–Crippen MR) is 154 cm³/mol. The van der Waals surface area contributed by atoms with Crippen LogP contribution in [-0.4, -0.2) is 31.5 Å². The molecule has 0 spiro atoms. The van der Waals surface area contributed by atoms with Crippen LogP contribution in [0, 0.1) is 24.0 Å². The molecule has 0 unspecified atom stereocenters. The summed E-state index contributed by atoms with van der Waals surface area (Å²) in [6.45, 7) is 5.71. The summed E-state index contributed by atoms with van der Waals surface area (Å²) in [7, 11) is 0. The minimum absolute atomic E-state index is 0.0139. The number of aryl methyl sites for hydroxylation is 2. The molecule has 2 amide bonds. The summed E-state index contributed by atoms with van der Waals surface area (Å²) in [5.41, 5.74) is 7.04. The maximum Gasteiger partial charge on any atom is 0.291 e. The molecule has 3 N–H and O–H groups in total. The Morgan fingerprint density at radius 1 is 1.21 bits per heavy atom. The van der Waals surface area contributed by atoms with E-state index in [0.29, 0.717) is 34.7 Å². The topological polar surface area (TPSA) is 168 Å². The number of thiophene rings is 1. The number of nitrogens with zero attached hydrogens (tertiary/aromatic N) is 4. The molecule has 15 heteroatoms. The molecular weight excluding hydrogens is 586 g/mol. The minimum Gasteiger partial charge on any atom is -0.486 e. The molecule has 0 radical (unpaired) electrons. The third kappa shape index (κ3) is 5.66. The van der Waals surface area contributed by atoms with E-state index in [0.717, 1.165) is 11.3 Å². The average molecular weight is 611 g/mol. The van der Waals surface area contributed by atoms with Crippen molar-refractivity contribution in [2.75, 3.05) is 5.32 Å². The van der Waals surface area contributed by atoms with E-state index >= 15 is 0 Å². The fourth-order valence-electron chi connectivity index (χ4n) is 4.59. The van der Waals surface area contributed by atoms with E-state index in [1.54, 1.807) is 18.5 Å². The molecule has 4 aromatic heterocycles. The summed E-state index contributed by atoms with van der Waals surface area (Å²) in [6.07, 6.45) is -1.36. The van der Waals surface area contributed by atoms with Crippen LogP contribution in [0.2, 0.25) is 0 Å². The molecule has 0 saturated heterocycles. The standard InChI is InChI=1S/C28H24F2N6O6S/c1-4-35-14(3)18(11-32-35)17-10-19(25(29)30)33-28-22(17)23(24(43-28)26(31)37)34-27(38)21-8-6-16(42-21)12-41-15-5-7-20(36(39)40)13(2)9-15/h5-11,25H,4,12H2,1-3H3,(H2,31,37)(H,34,38). The maximum absolute atomic E-state index is 13.8. The maximum atomic E-state index is 13.8. The first-order valence-electron chi connectivity index (χ1n) is 12.8. The number of rotatable bonds is 10. The summed E-state index contributed by atoms with van der Waals surface area (Å²) in [6, 6.07) is 8.42. The highest BCUT2D eigenvalue weighted by molar-refractivity contribution is 7.21. The molecular formula is C28H24F2N6O6S. The van der Waals surface area contributed by atoms with Crippen molar-refractivity contribution in [2.24, 2.45) is 5.73 Å². The van der Waals surface area contributed by atoms with Gasteiger partial charge in [-0.25, -0.2) is 13.8 Å². The van der Waals surface area contributed by atoms with Gasteiger partial charge in [-0.05, 0) is 56.7 Å². The van der Waals surface area contributed by atoms with E-state index in [-0.39, 0.29) is 44.6 Å². The van der Waals surface area contributed by atoms with E-state index in [1.807, 2.05) is 6.92 Å². The first-order chi connectivity index (χ1) is 20.5. The third-order valence-electron chi connectivity index (χ3n) is 6.69. The number of nitro benzene ring substituents is 1. The van der Waals surface area contributed by atoms with Gasteiger partial charge in [0, 0.05) is 34.8 Å². The average Bonchev–Trinajstić information content (AvgIpc) is 3.68. The summed E-state index contributed by atoms with van der Waals surface area (Å²) in [4.78, 5) is 40.3. The Morgan fingerprint density at radius 3 is 2.60 bits per heavy atom. The second kappa shape index (κ2) is 11.6. The fourth-order valence-corrected chi connectivity index (χ4v) is 5.61. The Labute approximate surface area is 246 Å². The van der Waals surface area contributed by atoms with E-state index in [2.05, 4.69) is 15.4 Å². The Morgan fingerprint density at radius 2 is 1.98 bits per heavy atom. The van der Waals surface area contributed by atoms with Crippen LogP contribution in [0.1, 0.15) is 56.3 Å². The highest BCUT2D eigenvalue weighted by atomic mass is 32.1. The van der Waals surface area contributed by atoms with Crippen molar-refractivity contribution in [2.45, 2.75) is 40.3 Å². The Kier molecular flexibility index (Phi) is 7.91. The zero-order valence-corrected chi connectivity index (χ0v) is 23.8. The number of benzene rings is 1. The molecule has 0 aliphatic carbocycles. The van der Waals surface area contributed by atoms with Crippen molar-refractivity contribution < 1.29 is 32.4 Å². The lowest BCUT2D eigenvalue weighted by molar-refractivity contribution is -0.385. The second-order valence-electron chi connectivity index (χ2n) is 9.42. The number of ether oxygens (including phenoxy) is 1.